The zero-order chi connectivity index (χ0) is 28.5. The number of fused-ring (bicyclic) bond motifs is 3. The maximum atomic E-state index is 14.2. The van der Waals surface area contributed by atoms with Crippen molar-refractivity contribution < 1.29 is 8.78 Å². The summed E-state index contributed by atoms with van der Waals surface area (Å²) in [6.07, 6.45) is 9.63. The minimum absolute atomic E-state index is 0.00961. The topological polar surface area (TPSA) is 164 Å². The summed E-state index contributed by atoms with van der Waals surface area (Å²) >= 11 is 5.82. The molecule has 15 heteroatoms. The molecule has 0 aromatic carbocycles. The lowest BCUT2D eigenvalue weighted by atomic mass is 10.1. The van der Waals surface area contributed by atoms with Gasteiger partial charge in [-0.25, -0.2) is 18.7 Å². The zero-order valence-electron chi connectivity index (χ0n) is 21.8. The summed E-state index contributed by atoms with van der Waals surface area (Å²) in [7, 11) is 0. The molecule has 0 aliphatic carbocycles. The number of nitrogens with two attached hydrogens (primary N) is 1. The Morgan fingerprint density at radius 2 is 1.49 bits per heavy atom. The predicted octanol–water partition coefficient (Wildman–Crippen LogP) is 4.98. The first-order valence-electron chi connectivity index (χ1n) is 13.1. The number of anilines is 5. The van der Waals surface area contributed by atoms with Crippen LogP contribution in [-0.4, -0.2) is 39.7 Å². The van der Waals surface area contributed by atoms with E-state index in [1.54, 1.807) is 18.5 Å². The van der Waals surface area contributed by atoms with Gasteiger partial charge in [0.05, 0.1) is 46.1 Å². The third-order valence-corrected chi connectivity index (χ3v) is 7.34. The molecular formula is C26H25ClF2N12. The highest BCUT2D eigenvalue weighted by Gasteiger charge is 2.19. The van der Waals surface area contributed by atoms with E-state index < -0.39 is 11.6 Å². The number of nitriles is 1. The minimum atomic E-state index is -0.610. The summed E-state index contributed by atoms with van der Waals surface area (Å²) in [5, 5.41) is 30.3. The van der Waals surface area contributed by atoms with Crippen molar-refractivity contribution in [1.29, 1.82) is 5.26 Å². The van der Waals surface area contributed by atoms with Crippen molar-refractivity contribution in [2.75, 3.05) is 16.4 Å². The third-order valence-electron chi connectivity index (χ3n) is 7.05. The van der Waals surface area contributed by atoms with Crippen LogP contribution in [0.2, 0.25) is 5.15 Å². The van der Waals surface area contributed by atoms with Crippen molar-refractivity contribution in [1.82, 2.24) is 39.7 Å². The first kappa shape index (κ1) is 26.5. The van der Waals surface area contributed by atoms with Gasteiger partial charge in [0.1, 0.15) is 17.0 Å². The van der Waals surface area contributed by atoms with Gasteiger partial charge in [-0.2, -0.15) is 20.6 Å². The third kappa shape index (κ3) is 5.23. The van der Waals surface area contributed by atoms with E-state index in [-0.39, 0.29) is 22.4 Å². The molecule has 0 spiro atoms. The van der Waals surface area contributed by atoms with E-state index in [0.717, 1.165) is 80.4 Å². The minimum Gasteiger partial charge on any atom is -0.384 e. The number of H-pyrrole nitrogens is 1. The van der Waals surface area contributed by atoms with Crippen molar-refractivity contribution in [3.8, 4) is 6.07 Å². The van der Waals surface area contributed by atoms with E-state index in [9.17, 15) is 8.78 Å². The van der Waals surface area contributed by atoms with Gasteiger partial charge in [-0.15, -0.1) is 0 Å². The Morgan fingerprint density at radius 3 is 2.10 bits per heavy atom. The van der Waals surface area contributed by atoms with E-state index in [2.05, 4.69) is 41.0 Å². The van der Waals surface area contributed by atoms with Crippen molar-refractivity contribution >= 4 is 51.5 Å². The van der Waals surface area contributed by atoms with Gasteiger partial charge in [0, 0.05) is 13.1 Å². The molecule has 2 aliphatic heterocycles. The van der Waals surface area contributed by atoms with E-state index in [0.29, 0.717) is 16.9 Å². The molecule has 210 valence electrons. The van der Waals surface area contributed by atoms with Gasteiger partial charge in [-0.05, 0) is 50.7 Å². The standard InChI is InChI=1S/C13H11ClFN5.C13H14FN7/c14-12-8(6-16)5-9(15)13(19-12)18-10-7-17-20-4-2-1-3-11(10)20;14-8-5-7-11(15)19-20-12(7)18-13(8)17-9-6-16-21-4-2-1-3-10(9)21/h5,7H,1-4H2,(H,18,19);5-6H,1-4H2,(H4,15,17,18,19,20). The van der Waals surface area contributed by atoms with Crippen molar-refractivity contribution in [3.63, 3.8) is 0 Å². The second kappa shape index (κ2) is 11.0. The van der Waals surface area contributed by atoms with Crippen LogP contribution in [0.5, 0.6) is 0 Å². The lowest BCUT2D eigenvalue weighted by Gasteiger charge is -2.15. The summed E-state index contributed by atoms with van der Waals surface area (Å²) in [4.78, 5) is 8.06. The Labute approximate surface area is 237 Å². The lowest BCUT2D eigenvalue weighted by molar-refractivity contribution is 0.487. The molecule has 0 bridgehead atoms. The first-order valence-corrected chi connectivity index (χ1v) is 13.5. The summed E-state index contributed by atoms with van der Waals surface area (Å²) in [5.74, 6) is -0.621. The first-order chi connectivity index (χ1) is 19.9. The van der Waals surface area contributed by atoms with Crippen LogP contribution in [0.15, 0.2) is 24.5 Å². The molecular weight excluding hydrogens is 554 g/mol. The average molecular weight is 579 g/mol. The summed E-state index contributed by atoms with van der Waals surface area (Å²) < 4.78 is 31.9. The molecule has 7 heterocycles. The lowest BCUT2D eigenvalue weighted by Crippen LogP contribution is -2.12. The second-order valence-corrected chi connectivity index (χ2v) is 10.1. The highest BCUT2D eigenvalue weighted by molar-refractivity contribution is 6.30. The van der Waals surface area contributed by atoms with Crippen LogP contribution in [0, 0.1) is 23.0 Å². The largest absolute Gasteiger partial charge is 0.384 e. The van der Waals surface area contributed by atoms with E-state index >= 15 is 0 Å². The van der Waals surface area contributed by atoms with Gasteiger partial charge in [0.15, 0.2) is 28.9 Å². The number of hydrogen-bond donors (Lipinski definition) is 4. The molecule has 12 nitrogen and oxygen atoms in total. The monoisotopic (exact) mass is 578 g/mol. The van der Waals surface area contributed by atoms with Crippen LogP contribution in [0.1, 0.15) is 42.6 Å². The van der Waals surface area contributed by atoms with E-state index in [1.165, 1.54) is 6.07 Å². The fourth-order valence-electron chi connectivity index (χ4n) is 4.96. The molecule has 0 radical (unpaired) electrons. The molecule has 5 N–H and O–H groups in total. The molecule has 0 amide bonds. The number of nitrogens with zero attached hydrogens (tertiary/aromatic N) is 8. The Balaban J connectivity index is 0.000000148. The van der Waals surface area contributed by atoms with Crippen LogP contribution in [-0.2, 0) is 25.9 Å². The van der Waals surface area contributed by atoms with Crippen LogP contribution < -0.4 is 16.4 Å². The van der Waals surface area contributed by atoms with Crippen LogP contribution in [0.25, 0.3) is 11.0 Å². The van der Waals surface area contributed by atoms with Crippen LogP contribution >= 0.6 is 11.6 Å². The van der Waals surface area contributed by atoms with Gasteiger partial charge in [0.2, 0.25) is 0 Å². The van der Waals surface area contributed by atoms with Gasteiger partial charge in [0.25, 0.3) is 0 Å². The predicted molar refractivity (Wildman–Crippen MR) is 149 cm³/mol. The Hall–Kier alpha value is -4.77. The highest BCUT2D eigenvalue weighted by atomic mass is 35.5. The Morgan fingerprint density at radius 1 is 0.902 bits per heavy atom. The molecule has 7 rings (SSSR count). The number of aryl methyl sites for hydroxylation is 2. The number of halogens is 3. The van der Waals surface area contributed by atoms with Crippen molar-refractivity contribution in [3.05, 3.63) is 58.3 Å². The Bertz CT molecular complexity index is 1780. The summed E-state index contributed by atoms with van der Waals surface area (Å²) in [6, 6.07) is 4.20. The Kier molecular flexibility index (Phi) is 7.10. The fourth-order valence-corrected chi connectivity index (χ4v) is 5.14. The molecule has 0 fully saturated rings. The van der Waals surface area contributed by atoms with E-state index in [4.69, 9.17) is 22.6 Å². The van der Waals surface area contributed by atoms with Gasteiger partial charge in [-0.3, -0.25) is 14.5 Å². The molecule has 0 saturated carbocycles. The van der Waals surface area contributed by atoms with Crippen molar-refractivity contribution in [2.24, 2.45) is 0 Å². The van der Waals surface area contributed by atoms with E-state index in [1.807, 2.05) is 9.36 Å². The number of nitrogen functional groups attached to an aromatic ring is 1. The number of hydrogen-bond acceptors (Lipinski definition) is 9. The van der Waals surface area contributed by atoms with Crippen LogP contribution in [0.3, 0.4) is 0 Å². The normalized spacial score (nSPS) is 14.0. The number of aromatic amines is 1. The van der Waals surface area contributed by atoms with Crippen LogP contribution in [0.4, 0.5) is 37.6 Å². The number of aromatic nitrogens is 8. The zero-order valence-corrected chi connectivity index (χ0v) is 22.5. The molecule has 0 atom stereocenters. The quantitative estimate of drug-likeness (QED) is 0.215. The van der Waals surface area contributed by atoms with Crippen molar-refractivity contribution in [2.45, 2.75) is 51.6 Å². The van der Waals surface area contributed by atoms with Gasteiger partial charge >= 0.3 is 0 Å². The molecule has 0 saturated heterocycles. The number of pyridine rings is 2. The SMILES string of the molecule is N#Cc1cc(F)c(Nc2cnn3c2CCCC3)nc1Cl.Nc1[nH]nc2nc(Nc3cnn4c3CCCC4)c(F)cc12. The molecule has 41 heavy (non-hydrogen) atoms. The molecule has 2 aliphatic rings. The highest BCUT2D eigenvalue weighted by Crippen LogP contribution is 2.29. The van der Waals surface area contributed by atoms with Gasteiger partial charge in [-0.1, -0.05) is 11.6 Å². The smallest absolute Gasteiger partial charge is 0.185 e. The van der Waals surface area contributed by atoms with Gasteiger partial charge < -0.3 is 16.4 Å². The average Bonchev–Trinajstić information content (AvgIpc) is 3.69. The molecule has 5 aromatic rings. The maximum absolute atomic E-state index is 14.2. The summed E-state index contributed by atoms with van der Waals surface area (Å²) in [6.45, 7) is 1.78. The number of rotatable bonds is 4. The number of nitrogens with one attached hydrogen (secondary N) is 3. The summed E-state index contributed by atoms with van der Waals surface area (Å²) in [5.41, 5.74) is 9.73. The second-order valence-electron chi connectivity index (χ2n) is 9.72. The molecule has 0 unspecified atom stereocenters. The molecule has 5 aromatic heterocycles. The maximum Gasteiger partial charge on any atom is 0.185 e. The fraction of sp³-hybridized carbons (Fsp3) is 0.308.